The van der Waals surface area contributed by atoms with Crippen molar-refractivity contribution in [3.05, 3.63) is 59.3 Å². The molecule has 1 saturated heterocycles. The predicted molar refractivity (Wildman–Crippen MR) is 117 cm³/mol. The lowest BCUT2D eigenvalue weighted by Gasteiger charge is -2.28. The Bertz CT molecular complexity index is 816. The zero-order valence-electron chi connectivity index (χ0n) is 17.3. The molecular weight excluding hydrogens is 360 g/mol. The molecule has 2 aromatic rings. The second-order valence-electron chi connectivity index (χ2n) is 8.21. The normalized spacial score (nSPS) is 16.6. The molecule has 1 N–H and O–H groups in total. The highest BCUT2D eigenvalue weighted by Crippen LogP contribution is 2.19. The quantitative estimate of drug-likeness (QED) is 0.701. The maximum atomic E-state index is 12.2. The minimum atomic E-state index is 0.147. The Kier molecular flexibility index (Phi) is 6.78. The number of hydrogen-bond acceptors (Lipinski definition) is 4. The van der Waals surface area contributed by atoms with E-state index >= 15 is 0 Å². The van der Waals surface area contributed by atoms with Crippen LogP contribution in [0.4, 0.5) is 5.82 Å². The van der Waals surface area contributed by atoms with E-state index in [2.05, 4.69) is 50.4 Å². The van der Waals surface area contributed by atoms with Gasteiger partial charge in [0.25, 0.3) is 0 Å². The summed E-state index contributed by atoms with van der Waals surface area (Å²) < 4.78 is 0. The number of benzene rings is 1. The number of carbonyl (C=O) groups excluding carboxylic acids is 1. The molecule has 29 heavy (non-hydrogen) atoms. The Hall–Kier alpha value is -2.40. The van der Waals surface area contributed by atoms with Crippen LogP contribution >= 0.6 is 0 Å². The van der Waals surface area contributed by atoms with E-state index in [0.717, 1.165) is 64.3 Å². The molecule has 0 aliphatic carbocycles. The number of aromatic nitrogens is 1. The summed E-state index contributed by atoms with van der Waals surface area (Å²) >= 11 is 0. The summed E-state index contributed by atoms with van der Waals surface area (Å²) in [5.74, 6) is 1.21. The fourth-order valence-electron chi connectivity index (χ4n) is 4.36. The molecule has 4 rings (SSSR count). The highest BCUT2D eigenvalue weighted by Gasteiger charge is 2.15. The summed E-state index contributed by atoms with van der Waals surface area (Å²) in [6.07, 6.45) is 7.82. The van der Waals surface area contributed by atoms with Crippen molar-refractivity contribution < 1.29 is 4.79 Å². The maximum absolute atomic E-state index is 12.2. The van der Waals surface area contributed by atoms with Gasteiger partial charge in [-0.15, -0.1) is 0 Å². The van der Waals surface area contributed by atoms with Gasteiger partial charge in [0.2, 0.25) is 5.91 Å². The van der Waals surface area contributed by atoms with E-state index in [4.69, 9.17) is 0 Å². The predicted octanol–water partition coefficient (Wildman–Crippen LogP) is 3.18. The maximum Gasteiger partial charge on any atom is 0.220 e. The number of nitrogens with zero attached hydrogens (tertiary/aromatic N) is 3. The largest absolute Gasteiger partial charge is 0.357 e. The van der Waals surface area contributed by atoms with Crippen LogP contribution in [0.1, 0.15) is 42.4 Å². The van der Waals surface area contributed by atoms with Crippen molar-refractivity contribution >= 4 is 11.7 Å². The van der Waals surface area contributed by atoms with E-state index in [1.54, 1.807) is 0 Å². The Morgan fingerprint density at radius 3 is 2.76 bits per heavy atom. The lowest BCUT2D eigenvalue weighted by Crippen LogP contribution is -2.33. The molecule has 1 aromatic heterocycles. The fraction of sp³-hybridized carbons (Fsp3) is 0.500. The number of rotatable bonds is 8. The summed E-state index contributed by atoms with van der Waals surface area (Å²) in [4.78, 5) is 21.5. The van der Waals surface area contributed by atoms with Gasteiger partial charge in [-0.05, 0) is 60.9 Å². The summed E-state index contributed by atoms with van der Waals surface area (Å²) in [5.41, 5.74) is 4.14. The Morgan fingerprint density at radius 1 is 1.07 bits per heavy atom. The molecule has 0 saturated carbocycles. The number of aryl methyl sites for hydroxylation is 1. The van der Waals surface area contributed by atoms with Crippen LogP contribution in [0.3, 0.4) is 0 Å². The number of hydrogen-bond donors (Lipinski definition) is 1. The second-order valence-corrected chi connectivity index (χ2v) is 8.21. The van der Waals surface area contributed by atoms with Crippen LogP contribution in [-0.4, -0.2) is 48.5 Å². The molecule has 154 valence electrons. The topological polar surface area (TPSA) is 48.5 Å². The molecular formula is C24H32N4O. The highest BCUT2D eigenvalue weighted by molar-refractivity contribution is 5.76. The summed E-state index contributed by atoms with van der Waals surface area (Å²) in [6.45, 7) is 6.14. The minimum absolute atomic E-state index is 0.147. The molecule has 0 spiro atoms. The molecule has 5 heteroatoms. The van der Waals surface area contributed by atoms with Crippen LogP contribution in [0.25, 0.3) is 0 Å². The van der Waals surface area contributed by atoms with Gasteiger partial charge < -0.3 is 10.2 Å². The van der Waals surface area contributed by atoms with Gasteiger partial charge in [-0.25, -0.2) is 4.98 Å². The van der Waals surface area contributed by atoms with Gasteiger partial charge in [0.1, 0.15) is 5.82 Å². The van der Waals surface area contributed by atoms with E-state index < -0.39 is 0 Å². The van der Waals surface area contributed by atoms with Gasteiger partial charge in [-0.1, -0.05) is 24.3 Å². The molecule has 1 aromatic carbocycles. The number of fused-ring (bicyclic) bond motifs is 1. The lowest BCUT2D eigenvalue weighted by molar-refractivity contribution is -0.121. The van der Waals surface area contributed by atoms with Crippen LogP contribution in [0.5, 0.6) is 0 Å². The molecule has 3 heterocycles. The molecule has 1 amide bonds. The third-order valence-electron chi connectivity index (χ3n) is 6.06. The number of anilines is 1. The smallest absolute Gasteiger partial charge is 0.220 e. The van der Waals surface area contributed by atoms with E-state index in [-0.39, 0.29) is 5.91 Å². The second kappa shape index (κ2) is 9.88. The van der Waals surface area contributed by atoms with Crippen molar-refractivity contribution in [3.8, 4) is 0 Å². The van der Waals surface area contributed by atoms with E-state index in [1.165, 1.54) is 29.5 Å². The highest BCUT2D eigenvalue weighted by atomic mass is 16.1. The van der Waals surface area contributed by atoms with Gasteiger partial charge in [0, 0.05) is 51.9 Å². The first-order chi connectivity index (χ1) is 14.3. The third-order valence-corrected chi connectivity index (χ3v) is 6.06. The van der Waals surface area contributed by atoms with Gasteiger partial charge in [-0.2, -0.15) is 0 Å². The Balaban J connectivity index is 1.13. The molecule has 0 bridgehead atoms. The number of pyridine rings is 1. The first-order valence-electron chi connectivity index (χ1n) is 11.0. The average molecular weight is 393 g/mol. The van der Waals surface area contributed by atoms with Crippen molar-refractivity contribution in [1.29, 1.82) is 0 Å². The molecule has 2 aliphatic rings. The minimum Gasteiger partial charge on any atom is -0.357 e. The standard InChI is InChI=1S/C24H32N4O/c29-24(9-8-20-10-13-25-23(18-20)28-15-3-4-16-28)26-12-5-14-27-17-11-21-6-1-2-7-22(21)19-27/h1-2,6-7,10,13,18H,3-5,8-9,11-12,14-17,19H2,(H,26,29). The van der Waals surface area contributed by atoms with E-state index in [9.17, 15) is 4.79 Å². The van der Waals surface area contributed by atoms with Crippen molar-refractivity contribution in [2.45, 2.75) is 45.1 Å². The van der Waals surface area contributed by atoms with E-state index in [0.29, 0.717) is 6.42 Å². The molecule has 0 atom stereocenters. The zero-order chi connectivity index (χ0) is 19.9. The van der Waals surface area contributed by atoms with Crippen LogP contribution < -0.4 is 10.2 Å². The van der Waals surface area contributed by atoms with Gasteiger partial charge in [0.05, 0.1) is 0 Å². The van der Waals surface area contributed by atoms with Gasteiger partial charge in [0.15, 0.2) is 0 Å². The van der Waals surface area contributed by atoms with Crippen molar-refractivity contribution in [3.63, 3.8) is 0 Å². The first-order valence-corrected chi connectivity index (χ1v) is 11.0. The first kappa shape index (κ1) is 19.9. The van der Waals surface area contributed by atoms with Gasteiger partial charge in [-0.3, -0.25) is 9.69 Å². The number of amides is 1. The van der Waals surface area contributed by atoms with Crippen LogP contribution in [0.15, 0.2) is 42.6 Å². The summed E-state index contributed by atoms with van der Waals surface area (Å²) in [6, 6.07) is 12.9. The summed E-state index contributed by atoms with van der Waals surface area (Å²) in [7, 11) is 0. The van der Waals surface area contributed by atoms with E-state index in [1.807, 2.05) is 12.3 Å². The molecule has 0 unspecified atom stereocenters. The molecule has 5 nitrogen and oxygen atoms in total. The molecule has 1 fully saturated rings. The van der Waals surface area contributed by atoms with Crippen molar-refractivity contribution in [2.75, 3.05) is 37.6 Å². The van der Waals surface area contributed by atoms with Crippen molar-refractivity contribution in [2.24, 2.45) is 0 Å². The fourth-order valence-corrected chi connectivity index (χ4v) is 4.36. The van der Waals surface area contributed by atoms with Crippen molar-refractivity contribution in [1.82, 2.24) is 15.2 Å². The number of nitrogens with one attached hydrogen (secondary N) is 1. The lowest BCUT2D eigenvalue weighted by atomic mass is 10.00. The third kappa shape index (κ3) is 5.57. The zero-order valence-corrected chi connectivity index (χ0v) is 17.3. The SMILES string of the molecule is O=C(CCc1ccnc(N2CCCC2)c1)NCCCN1CCc2ccccc2C1. The Labute approximate surface area is 174 Å². The van der Waals surface area contributed by atoms with Crippen LogP contribution in [0, 0.1) is 0 Å². The Morgan fingerprint density at radius 2 is 1.90 bits per heavy atom. The average Bonchev–Trinajstić information content (AvgIpc) is 3.30. The van der Waals surface area contributed by atoms with Crippen LogP contribution in [-0.2, 0) is 24.2 Å². The number of carbonyl (C=O) groups is 1. The van der Waals surface area contributed by atoms with Crippen LogP contribution in [0.2, 0.25) is 0 Å². The molecule has 2 aliphatic heterocycles. The monoisotopic (exact) mass is 392 g/mol. The molecule has 0 radical (unpaired) electrons. The van der Waals surface area contributed by atoms with Gasteiger partial charge >= 0.3 is 0 Å². The summed E-state index contributed by atoms with van der Waals surface area (Å²) in [5, 5.41) is 3.09.